The summed E-state index contributed by atoms with van der Waals surface area (Å²) < 4.78 is 5.26. The molecule has 0 spiro atoms. The Kier molecular flexibility index (Phi) is 3.22. The summed E-state index contributed by atoms with van der Waals surface area (Å²) in [5, 5.41) is 11.8. The molecule has 9 heteroatoms. The fourth-order valence-electron chi connectivity index (χ4n) is 1.82. The fourth-order valence-corrected chi connectivity index (χ4v) is 2.03. The van der Waals surface area contributed by atoms with Crippen LogP contribution in [-0.2, 0) is 4.79 Å². The molecule has 108 valence electrons. The highest BCUT2D eigenvalue weighted by Gasteiger charge is 2.20. The Morgan fingerprint density at radius 1 is 1.48 bits per heavy atom. The lowest BCUT2D eigenvalue weighted by Gasteiger charge is -2.19. The van der Waals surface area contributed by atoms with Crippen molar-refractivity contribution >= 4 is 34.8 Å². The number of aromatic nitrogens is 3. The summed E-state index contributed by atoms with van der Waals surface area (Å²) in [7, 11) is 0. The molecule has 0 unspecified atom stereocenters. The second-order valence-corrected chi connectivity index (χ2v) is 4.77. The van der Waals surface area contributed by atoms with Crippen molar-refractivity contribution in [2.24, 2.45) is 0 Å². The maximum atomic E-state index is 12.0. The van der Waals surface area contributed by atoms with Crippen molar-refractivity contribution in [3.8, 4) is 5.75 Å². The van der Waals surface area contributed by atoms with E-state index < -0.39 is 5.91 Å². The molecular formula is C12H10ClN5O3. The van der Waals surface area contributed by atoms with Crippen LogP contribution in [0.2, 0.25) is 5.02 Å². The molecule has 0 aliphatic carbocycles. The van der Waals surface area contributed by atoms with Crippen molar-refractivity contribution in [1.29, 1.82) is 0 Å². The zero-order chi connectivity index (χ0) is 15.0. The topological polar surface area (TPSA) is 109 Å². The predicted octanol–water partition coefficient (Wildman–Crippen LogP) is 1.35. The minimum Gasteiger partial charge on any atom is -0.482 e. The third kappa shape index (κ3) is 2.65. The number of anilines is 2. The lowest BCUT2D eigenvalue weighted by Crippen LogP contribution is -2.25. The van der Waals surface area contributed by atoms with E-state index in [1.807, 2.05) is 0 Å². The van der Waals surface area contributed by atoms with E-state index in [-0.39, 0.29) is 23.4 Å². The van der Waals surface area contributed by atoms with E-state index >= 15 is 0 Å². The maximum absolute atomic E-state index is 12.0. The van der Waals surface area contributed by atoms with Crippen molar-refractivity contribution in [3.63, 3.8) is 0 Å². The van der Waals surface area contributed by atoms with Crippen molar-refractivity contribution in [3.05, 3.63) is 28.8 Å². The number of nitrogens with zero attached hydrogens (tertiary/aromatic N) is 2. The van der Waals surface area contributed by atoms with Crippen LogP contribution >= 0.6 is 11.6 Å². The third-order valence-electron chi connectivity index (χ3n) is 2.75. The van der Waals surface area contributed by atoms with E-state index in [4.69, 9.17) is 16.3 Å². The van der Waals surface area contributed by atoms with Gasteiger partial charge in [-0.3, -0.25) is 14.7 Å². The quantitative estimate of drug-likeness (QED) is 0.776. The van der Waals surface area contributed by atoms with Crippen molar-refractivity contribution < 1.29 is 14.3 Å². The Bertz CT molecular complexity index is 742. The first-order valence-electron chi connectivity index (χ1n) is 5.99. The monoisotopic (exact) mass is 307 g/mol. The molecule has 2 aromatic rings. The Morgan fingerprint density at radius 3 is 3.00 bits per heavy atom. The van der Waals surface area contributed by atoms with E-state index in [0.29, 0.717) is 22.9 Å². The van der Waals surface area contributed by atoms with E-state index in [1.165, 1.54) is 12.1 Å². The molecule has 1 aromatic carbocycles. The van der Waals surface area contributed by atoms with Gasteiger partial charge >= 0.3 is 0 Å². The summed E-state index contributed by atoms with van der Waals surface area (Å²) >= 11 is 6.08. The lowest BCUT2D eigenvalue weighted by molar-refractivity contribution is -0.118. The molecule has 0 radical (unpaired) electrons. The predicted molar refractivity (Wildman–Crippen MR) is 74.6 cm³/mol. The van der Waals surface area contributed by atoms with Crippen LogP contribution in [0.3, 0.4) is 0 Å². The number of hydrogen-bond donors (Lipinski definition) is 3. The Labute approximate surface area is 123 Å². The van der Waals surface area contributed by atoms with E-state index in [2.05, 4.69) is 25.8 Å². The number of benzene rings is 1. The van der Waals surface area contributed by atoms with E-state index in [9.17, 15) is 9.59 Å². The molecule has 3 rings (SSSR count). The number of H-pyrrole nitrogens is 1. The molecule has 1 aliphatic heterocycles. The second kappa shape index (κ2) is 5.06. The summed E-state index contributed by atoms with van der Waals surface area (Å²) in [5.74, 6) is 0.214. The summed E-state index contributed by atoms with van der Waals surface area (Å²) in [6, 6.07) is 3.04. The van der Waals surface area contributed by atoms with Crippen LogP contribution in [0.1, 0.15) is 16.4 Å². The van der Waals surface area contributed by atoms with Crippen LogP contribution in [0, 0.1) is 6.92 Å². The normalized spacial score (nSPS) is 13.1. The number of ether oxygens (including phenoxy) is 1. The maximum Gasteiger partial charge on any atom is 0.295 e. The Balaban J connectivity index is 1.86. The van der Waals surface area contributed by atoms with Crippen LogP contribution in [0.5, 0.6) is 5.75 Å². The van der Waals surface area contributed by atoms with Gasteiger partial charge < -0.3 is 15.4 Å². The summed E-state index contributed by atoms with van der Waals surface area (Å²) in [4.78, 5) is 27.1. The molecule has 3 N–H and O–H groups in total. The van der Waals surface area contributed by atoms with Gasteiger partial charge in [0.2, 0.25) is 5.82 Å². The number of amides is 2. The van der Waals surface area contributed by atoms with Crippen LogP contribution in [0.4, 0.5) is 11.4 Å². The highest BCUT2D eigenvalue weighted by Crippen LogP contribution is 2.36. The summed E-state index contributed by atoms with van der Waals surface area (Å²) in [6.07, 6.45) is 0. The summed E-state index contributed by atoms with van der Waals surface area (Å²) in [5.41, 5.74) is 0.807. The number of carbonyl (C=O) groups excluding carboxylic acids is 2. The van der Waals surface area contributed by atoms with E-state index in [0.717, 1.165) is 0 Å². The van der Waals surface area contributed by atoms with Crippen molar-refractivity contribution in [1.82, 2.24) is 15.2 Å². The molecule has 2 amide bonds. The molecule has 0 fully saturated rings. The minimum atomic E-state index is -0.499. The average Bonchev–Trinajstić information content (AvgIpc) is 2.86. The number of fused-ring (bicyclic) bond motifs is 1. The van der Waals surface area contributed by atoms with E-state index in [1.54, 1.807) is 6.92 Å². The lowest BCUT2D eigenvalue weighted by atomic mass is 10.2. The Morgan fingerprint density at radius 2 is 2.29 bits per heavy atom. The highest BCUT2D eigenvalue weighted by atomic mass is 35.5. The zero-order valence-corrected chi connectivity index (χ0v) is 11.6. The standard InChI is InChI=1S/C12H10ClN5O3/c1-5-14-11(18-17-5)12(20)16-7-3-9-8(2-6(7)13)15-10(19)4-21-9/h2-3H,4H2,1H3,(H,15,19)(H,16,20)(H,14,17,18). The molecular weight excluding hydrogens is 298 g/mol. The van der Waals surface area contributed by atoms with Gasteiger partial charge in [0.15, 0.2) is 6.61 Å². The van der Waals surface area contributed by atoms with Crippen LogP contribution in [-0.4, -0.2) is 33.6 Å². The molecule has 21 heavy (non-hydrogen) atoms. The van der Waals surface area contributed by atoms with Crippen molar-refractivity contribution in [2.75, 3.05) is 17.2 Å². The molecule has 0 atom stereocenters. The first-order valence-corrected chi connectivity index (χ1v) is 6.37. The number of nitrogens with one attached hydrogen (secondary N) is 3. The van der Waals surface area contributed by atoms with Gasteiger partial charge in [-0.05, 0) is 13.0 Å². The molecule has 2 heterocycles. The van der Waals surface area contributed by atoms with Crippen LogP contribution in [0.15, 0.2) is 12.1 Å². The number of aryl methyl sites for hydroxylation is 1. The van der Waals surface area contributed by atoms with Gasteiger partial charge in [0.25, 0.3) is 11.8 Å². The van der Waals surface area contributed by atoms with Gasteiger partial charge in [-0.1, -0.05) is 11.6 Å². The molecule has 0 saturated heterocycles. The zero-order valence-electron chi connectivity index (χ0n) is 10.9. The largest absolute Gasteiger partial charge is 0.482 e. The SMILES string of the molecule is Cc1nc(C(=O)Nc2cc3c(cc2Cl)NC(=O)CO3)n[nH]1. The highest BCUT2D eigenvalue weighted by molar-refractivity contribution is 6.34. The Hall–Kier alpha value is -2.61. The van der Waals surface area contributed by atoms with Gasteiger partial charge in [0.1, 0.15) is 11.6 Å². The number of rotatable bonds is 2. The number of carbonyl (C=O) groups is 2. The van der Waals surface area contributed by atoms with Gasteiger partial charge in [-0.25, -0.2) is 4.98 Å². The van der Waals surface area contributed by atoms with Gasteiger partial charge in [-0.2, -0.15) is 0 Å². The average molecular weight is 308 g/mol. The first-order chi connectivity index (χ1) is 10.0. The minimum absolute atomic E-state index is 0.00973. The van der Waals surface area contributed by atoms with Crippen LogP contribution in [0.25, 0.3) is 0 Å². The van der Waals surface area contributed by atoms with Gasteiger partial charge in [-0.15, -0.1) is 5.10 Å². The smallest absolute Gasteiger partial charge is 0.295 e. The second-order valence-electron chi connectivity index (χ2n) is 4.36. The summed E-state index contributed by atoms with van der Waals surface area (Å²) in [6.45, 7) is 1.61. The molecule has 1 aromatic heterocycles. The van der Waals surface area contributed by atoms with Gasteiger partial charge in [0, 0.05) is 6.07 Å². The molecule has 0 saturated carbocycles. The third-order valence-corrected chi connectivity index (χ3v) is 3.06. The molecule has 8 nitrogen and oxygen atoms in total. The molecule has 0 bridgehead atoms. The van der Waals surface area contributed by atoms with Crippen LogP contribution < -0.4 is 15.4 Å². The number of aromatic amines is 1. The number of hydrogen-bond acceptors (Lipinski definition) is 5. The van der Waals surface area contributed by atoms with Crippen molar-refractivity contribution in [2.45, 2.75) is 6.92 Å². The van der Waals surface area contributed by atoms with Gasteiger partial charge in [0.05, 0.1) is 16.4 Å². The fraction of sp³-hybridized carbons (Fsp3) is 0.167. The molecule has 1 aliphatic rings. The first kappa shape index (κ1) is 13.4. The number of halogens is 1.